The summed E-state index contributed by atoms with van der Waals surface area (Å²) in [6.07, 6.45) is 4.62. The number of nitrogens with one attached hydrogen (secondary N) is 2. The third kappa shape index (κ3) is 7.30. The Morgan fingerprint density at radius 3 is 2.14 bits per heavy atom. The molecule has 1 heterocycles. The third-order valence-corrected chi connectivity index (χ3v) is 6.23. The molecule has 190 valence electrons. The second-order valence-electron chi connectivity index (χ2n) is 8.82. The van der Waals surface area contributed by atoms with Gasteiger partial charge >= 0.3 is 0 Å². The molecule has 0 radical (unpaired) electrons. The van der Waals surface area contributed by atoms with Crippen molar-refractivity contribution in [2.45, 2.75) is 19.8 Å². The third-order valence-electron chi connectivity index (χ3n) is 6.23. The van der Waals surface area contributed by atoms with E-state index in [9.17, 15) is 14.4 Å². The van der Waals surface area contributed by atoms with Crippen molar-refractivity contribution in [1.29, 1.82) is 0 Å². The zero-order chi connectivity index (χ0) is 26.0. The van der Waals surface area contributed by atoms with Crippen LogP contribution in [0.1, 0.15) is 35.7 Å². The smallest absolute Gasteiger partial charge is 0.255 e. The predicted octanol–water partition coefficient (Wildman–Crippen LogP) is 5.23. The van der Waals surface area contributed by atoms with Crippen LogP contribution in [0.5, 0.6) is 5.75 Å². The standard InChI is InChI=1S/C30H31N3O4/c1-2-37-27-15-13-26(14-16-27)32-29(35)23-9-11-25(12-10-23)31-30(36)24-18-20-33(21-19-24)28(34)17-8-22-6-4-3-5-7-22/h3-17,24H,2,18-21H2,1H3,(H,31,36)(H,32,35). The van der Waals surface area contributed by atoms with Crippen molar-refractivity contribution < 1.29 is 19.1 Å². The van der Waals surface area contributed by atoms with E-state index in [1.165, 1.54) is 0 Å². The molecule has 1 aliphatic rings. The van der Waals surface area contributed by atoms with Crippen LogP contribution in [0.15, 0.2) is 84.9 Å². The number of rotatable bonds is 8. The van der Waals surface area contributed by atoms with E-state index in [1.807, 2.05) is 43.3 Å². The summed E-state index contributed by atoms with van der Waals surface area (Å²) in [7, 11) is 0. The number of nitrogens with zero attached hydrogens (tertiary/aromatic N) is 1. The van der Waals surface area contributed by atoms with E-state index in [0.717, 1.165) is 11.3 Å². The fourth-order valence-electron chi connectivity index (χ4n) is 4.15. The first-order chi connectivity index (χ1) is 18.0. The molecule has 0 saturated carbocycles. The Hall–Kier alpha value is -4.39. The van der Waals surface area contributed by atoms with E-state index in [0.29, 0.717) is 49.5 Å². The number of amides is 3. The van der Waals surface area contributed by atoms with E-state index in [-0.39, 0.29) is 23.6 Å². The Morgan fingerprint density at radius 2 is 1.49 bits per heavy atom. The van der Waals surface area contributed by atoms with Crippen LogP contribution in [-0.4, -0.2) is 42.3 Å². The molecule has 0 spiro atoms. The number of anilines is 2. The van der Waals surface area contributed by atoms with Crippen LogP contribution in [0.4, 0.5) is 11.4 Å². The van der Waals surface area contributed by atoms with Crippen LogP contribution in [0.25, 0.3) is 6.08 Å². The largest absolute Gasteiger partial charge is 0.494 e. The summed E-state index contributed by atoms with van der Waals surface area (Å²) in [5.41, 5.74) is 2.77. The van der Waals surface area contributed by atoms with E-state index in [1.54, 1.807) is 59.5 Å². The van der Waals surface area contributed by atoms with Crippen molar-refractivity contribution in [3.05, 3.63) is 96.1 Å². The maximum absolute atomic E-state index is 12.8. The summed E-state index contributed by atoms with van der Waals surface area (Å²) in [5, 5.41) is 5.79. The molecule has 2 N–H and O–H groups in total. The van der Waals surface area contributed by atoms with Gasteiger partial charge in [0.1, 0.15) is 5.75 Å². The van der Waals surface area contributed by atoms with Crippen molar-refractivity contribution >= 4 is 35.2 Å². The molecule has 7 nitrogen and oxygen atoms in total. The monoisotopic (exact) mass is 497 g/mol. The Kier molecular flexibility index (Phi) is 8.70. The fraction of sp³-hybridized carbons (Fsp3) is 0.233. The summed E-state index contributed by atoms with van der Waals surface area (Å²) in [4.78, 5) is 39.6. The molecule has 3 aromatic carbocycles. The lowest BCUT2D eigenvalue weighted by atomic mass is 9.95. The van der Waals surface area contributed by atoms with Crippen molar-refractivity contribution in [3.8, 4) is 5.75 Å². The zero-order valence-corrected chi connectivity index (χ0v) is 20.9. The van der Waals surface area contributed by atoms with Crippen LogP contribution in [-0.2, 0) is 9.59 Å². The van der Waals surface area contributed by atoms with Gasteiger partial charge in [-0.25, -0.2) is 0 Å². The number of hydrogen-bond donors (Lipinski definition) is 2. The molecule has 1 fully saturated rings. The number of benzene rings is 3. The normalized spacial score (nSPS) is 13.8. The van der Waals surface area contributed by atoms with Crippen LogP contribution >= 0.6 is 0 Å². The highest BCUT2D eigenvalue weighted by Gasteiger charge is 2.26. The minimum Gasteiger partial charge on any atom is -0.494 e. The average Bonchev–Trinajstić information content (AvgIpc) is 2.94. The number of carbonyl (C=O) groups excluding carboxylic acids is 3. The molecule has 3 aromatic rings. The number of ether oxygens (including phenoxy) is 1. The maximum atomic E-state index is 12.8. The Labute approximate surface area is 217 Å². The highest BCUT2D eigenvalue weighted by molar-refractivity contribution is 6.04. The SMILES string of the molecule is CCOc1ccc(NC(=O)c2ccc(NC(=O)C3CCN(C(=O)C=Cc4ccccc4)CC3)cc2)cc1. The summed E-state index contributed by atoms with van der Waals surface area (Å²) < 4.78 is 5.41. The van der Waals surface area contributed by atoms with E-state index in [2.05, 4.69) is 10.6 Å². The van der Waals surface area contributed by atoms with E-state index >= 15 is 0 Å². The number of piperidine rings is 1. The highest BCUT2D eigenvalue weighted by atomic mass is 16.5. The van der Waals surface area contributed by atoms with Gasteiger partial charge in [-0.2, -0.15) is 0 Å². The second-order valence-corrected chi connectivity index (χ2v) is 8.82. The van der Waals surface area contributed by atoms with Gasteiger partial charge in [0.05, 0.1) is 6.61 Å². The molecular formula is C30H31N3O4. The highest BCUT2D eigenvalue weighted by Crippen LogP contribution is 2.21. The quantitative estimate of drug-likeness (QED) is 0.417. The molecule has 37 heavy (non-hydrogen) atoms. The van der Waals surface area contributed by atoms with E-state index in [4.69, 9.17) is 4.74 Å². The lowest BCUT2D eigenvalue weighted by molar-refractivity contribution is -0.130. The lowest BCUT2D eigenvalue weighted by Gasteiger charge is -2.30. The minimum atomic E-state index is -0.236. The number of hydrogen-bond acceptors (Lipinski definition) is 4. The number of likely N-dealkylation sites (tertiary alicyclic amines) is 1. The average molecular weight is 498 g/mol. The molecule has 0 unspecified atom stereocenters. The first-order valence-electron chi connectivity index (χ1n) is 12.5. The molecular weight excluding hydrogens is 466 g/mol. The van der Waals surface area contributed by atoms with Crippen LogP contribution in [0.3, 0.4) is 0 Å². The van der Waals surface area contributed by atoms with Gasteiger partial charge in [-0.05, 0) is 79.9 Å². The Morgan fingerprint density at radius 1 is 0.865 bits per heavy atom. The van der Waals surface area contributed by atoms with Gasteiger partial charge in [0, 0.05) is 42.0 Å². The Bertz CT molecular complexity index is 1230. The van der Waals surface area contributed by atoms with Crippen molar-refractivity contribution in [2.75, 3.05) is 30.3 Å². The van der Waals surface area contributed by atoms with Crippen molar-refractivity contribution in [1.82, 2.24) is 4.90 Å². The van der Waals surface area contributed by atoms with Crippen LogP contribution in [0.2, 0.25) is 0 Å². The fourth-order valence-corrected chi connectivity index (χ4v) is 4.15. The van der Waals surface area contributed by atoms with Crippen molar-refractivity contribution in [3.63, 3.8) is 0 Å². The summed E-state index contributed by atoms with van der Waals surface area (Å²) >= 11 is 0. The topological polar surface area (TPSA) is 87.7 Å². The zero-order valence-electron chi connectivity index (χ0n) is 20.9. The van der Waals surface area contributed by atoms with Crippen molar-refractivity contribution in [2.24, 2.45) is 5.92 Å². The van der Waals surface area contributed by atoms with Gasteiger partial charge < -0.3 is 20.3 Å². The minimum absolute atomic E-state index is 0.0400. The van der Waals surface area contributed by atoms with Gasteiger partial charge in [0.2, 0.25) is 11.8 Å². The molecule has 0 atom stereocenters. The Balaban J connectivity index is 1.23. The molecule has 0 aliphatic carbocycles. The molecule has 7 heteroatoms. The molecule has 1 aliphatic heterocycles. The summed E-state index contributed by atoms with van der Waals surface area (Å²) in [6, 6.07) is 23.7. The summed E-state index contributed by atoms with van der Waals surface area (Å²) in [5.74, 6) is 0.239. The first-order valence-corrected chi connectivity index (χ1v) is 12.5. The van der Waals surface area contributed by atoms with Gasteiger partial charge in [-0.15, -0.1) is 0 Å². The van der Waals surface area contributed by atoms with E-state index < -0.39 is 0 Å². The molecule has 3 amide bonds. The first kappa shape index (κ1) is 25.7. The summed E-state index contributed by atoms with van der Waals surface area (Å²) in [6.45, 7) is 3.58. The van der Waals surface area contributed by atoms with Gasteiger partial charge in [0.15, 0.2) is 0 Å². The molecule has 1 saturated heterocycles. The lowest BCUT2D eigenvalue weighted by Crippen LogP contribution is -2.40. The maximum Gasteiger partial charge on any atom is 0.255 e. The van der Waals surface area contributed by atoms with Crippen LogP contribution < -0.4 is 15.4 Å². The number of carbonyl (C=O) groups is 3. The van der Waals surface area contributed by atoms with Gasteiger partial charge in [-0.3, -0.25) is 14.4 Å². The predicted molar refractivity (Wildman–Crippen MR) is 145 cm³/mol. The van der Waals surface area contributed by atoms with Gasteiger partial charge in [-0.1, -0.05) is 30.3 Å². The second kappa shape index (κ2) is 12.5. The molecule has 4 rings (SSSR count). The molecule has 0 bridgehead atoms. The van der Waals surface area contributed by atoms with Gasteiger partial charge in [0.25, 0.3) is 5.91 Å². The van der Waals surface area contributed by atoms with Crippen LogP contribution in [0, 0.1) is 5.92 Å². The molecule has 0 aromatic heterocycles.